The lowest BCUT2D eigenvalue weighted by Crippen LogP contribution is -2.15. The van der Waals surface area contributed by atoms with Gasteiger partial charge in [0.2, 0.25) is 0 Å². The van der Waals surface area contributed by atoms with Crippen molar-refractivity contribution in [3.05, 3.63) is 250 Å². The van der Waals surface area contributed by atoms with E-state index in [4.69, 9.17) is 28.6 Å². The Morgan fingerprint density at radius 1 is 0.392 bits per heavy atom. The molecule has 2 heterocycles. The number of carbonyl (C=O) groups excluding carboxylic acids is 4. The van der Waals surface area contributed by atoms with Gasteiger partial charge >= 0.3 is 11.9 Å². The predicted octanol–water partition coefficient (Wildman–Crippen LogP) is 19.8. The maximum absolute atomic E-state index is 15.3. The van der Waals surface area contributed by atoms with Crippen LogP contribution in [0.3, 0.4) is 0 Å². The fourth-order valence-corrected chi connectivity index (χ4v) is 14.2. The van der Waals surface area contributed by atoms with Gasteiger partial charge in [-0.05, 0) is 144 Å². The molecular formula is C88H90N4O10. The Morgan fingerprint density at radius 2 is 0.745 bits per heavy atom. The second-order valence-electron chi connectivity index (χ2n) is 26.6. The largest absolute Gasteiger partial charge is 0.490 e. The fraction of sp³-hybridized carbons (Fsp3) is 0.295. The molecule has 0 radical (unpaired) electrons. The first-order valence-corrected chi connectivity index (χ1v) is 36.1. The molecule has 0 fully saturated rings. The van der Waals surface area contributed by atoms with Crippen LogP contribution < -0.4 is 9.47 Å². The van der Waals surface area contributed by atoms with Crippen LogP contribution >= 0.6 is 0 Å². The van der Waals surface area contributed by atoms with Crippen LogP contribution in [-0.2, 0) is 41.8 Å². The molecule has 14 nitrogen and oxygen atoms in total. The van der Waals surface area contributed by atoms with E-state index in [1.165, 1.54) is 13.8 Å². The molecule has 0 aliphatic rings. The molecule has 2 unspecified atom stereocenters. The molecule has 522 valence electrons. The Balaban J connectivity index is 0.738. The van der Waals surface area contributed by atoms with Gasteiger partial charge in [0.25, 0.3) is 0 Å². The molecule has 2 atom stereocenters. The summed E-state index contributed by atoms with van der Waals surface area (Å²) in [6.45, 7) is 18.7. The topological polar surface area (TPSA) is 158 Å². The number of hydrogen-bond donors (Lipinski definition) is 0. The quantitative estimate of drug-likeness (QED) is 0.0127. The van der Waals surface area contributed by atoms with Gasteiger partial charge in [-0.25, -0.2) is 9.59 Å². The van der Waals surface area contributed by atoms with E-state index in [2.05, 4.69) is 83.5 Å². The van der Waals surface area contributed by atoms with Crippen molar-refractivity contribution < 1.29 is 47.8 Å². The minimum atomic E-state index is -0.513. The minimum Gasteiger partial charge on any atom is -0.490 e. The standard InChI is InChI=1S/C88H90N4O10/c1-9-13-25-61(11-3)55-91-77-39-33-65(85(89-101-59(7)93)69-29-19-15-23-57(69)5)51-73(77)75-53-67(35-41-79(75)91)87(95)83-71-31-21-17-27-63(71)37-43-81(83)99-49-47-97-45-46-98-48-50-100-82-44-38-64-28-18-22-32-72(64)84(82)88(96)68-36-42-80-76(54-68)74-52-66(34-40-78(74)92(80)56-62(12-4)26-14-10-2)86(90-102-60(8)94)70-30-20-16-24-58(70)6/h15-24,27-44,51-54,61-62H,9-14,25-26,45-50,55-56H2,1-8H3. The van der Waals surface area contributed by atoms with Gasteiger partial charge in [0.1, 0.15) is 36.1 Å². The zero-order chi connectivity index (χ0) is 71.2. The molecule has 0 saturated carbocycles. The number of carbonyl (C=O) groups is 4. The minimum absolute atomic E-state index is 0.169. The lowest BCUT2D eigenvalue weighted by molar-refractivity contribution is -0.141. The Morgan fingerprint density at radius 3 is 1.12 bits per heavy atom. The molecular weight excluding hydrogens is 1270 g/mol. The van der Waals surface area contributed by atoms with E-state index in [0.29, 0.717) is 57.0 Å². The first-order valence-electron chi connectivity index (χ1n) is 36.1. The van der Waals surface area contributed by atoms with Crippen LogP contribution in [0.25, 0.3) is 65.2 Å². The molecule has 14 heteroatoms. The zero-order valence-corrected chi connectivity index (χ0v) is 59.8. The van der Waals surface area contributed by atoms with E-state index in [1.807, 2.05) is 172 Å². The molecule has 12 rings (SSSR count). The summed E-state index contributed by atoms with van der Waals surface area (Å²) in [5, 5.41) is 16.0. The van der Waals surface area contributed by atoms with Gasteiger partial charge < -0.3 is 37.8 Å². The summed E-state index contributed by atoms with van der Waals surface area (Å²) in [5.41, 5.74) is 12.4. The first-order chi connectivity index (χ1) is 49.8. The van der Waals surface area contributed by atoms with E-state index in [1.54, 1.807) is 0 Å². The van der Waals surface area contributed by atoms with Crippen molar-refractivity contribution in [2.45, 2.75) is 120 Å². The fourth-order valence-electron chi connectivity index (χ4n) is 14.2. The Kier molecular flexibility index (Phi) is 23.3. The summed E-state index contributed by atoms with van der Waals surface area (Å²) in [6, 6.07) is 63.8. The maximum Gasteiger partial charge on any atom is 0.332 e. The third-order valence-electron chi connectivity index (χ3n) is 19.7. The predicted molar refractivity (Wildman–Crippen MR) is 410 cm³/mol. The summed E-state index contributed by atoms with van der Waals surface area (Å²) < 4.78 is 29.8. The van der Waals surface area contributed by atoms with Crippen LogP contribution in [0.5, 0.6) is 11.5 Å². The van der Waals surface area contributed by atoms with Crippen LogP contribution in [-0.4, -0.2) is 83.7 Å². The number of ketones is 2. The van der Waals surface area contributed by atoms with Crippen molar-refractivity contribution in [3.8, 4) is 11.5 Å². The van der Waals surface area contributed by atoms with E-state index in [-0.39, 0.29) is 51.2 Å². The molecule has 2 aromatic heterocycles. The number of aromatic nitrogens is 2. The van der Waals surface area contributed by atoms with E-state index in [9.17, 15) is 9.59 Å². The van der Waals surface area contributed by atoms with Crippen LogP contribution in [0.4, 0.5) is 0 Å². The molecule has 0 aliphatic heterocycles. The van der Waals surface area contributed by atoms with Gasteiger partial charge in [-0.1, -0.05) is 198 Å². The molecule has 0 N–H and O–H groups in total. The van der Waals surface area contributed by atoms with Crippen LogP contribution in [0.1, 0.15) is 158 Å². The molecule has 0 saturated heterocycles. The lowest BCUT2D eigenvalue weighted by Gasteiger charge is -2.18. The number of benzene rings is 10. The van der Waals surface area contributed by atoms with Gasteiger partial charge in [0.15, 0.2) is 11.6 Å². The van der Waals surface area contributed by atoms with E-state index in [0.717, 1.165) is 163 Å². The Bertz CT molecular complexity index is 4810. The molecule has 0 bridgehead atoms. The van der Waals surface area contributed by atoms with Gasteiger partial charge in [-0.15, -0.1) is 0 Å². The summed E-state index contributed by atoms with van der Waals surface area (Å²) in [7, 11) is 0. The number of fused-ring (bicyclic) bond motifs is 8. The smallest absolute Gasteiger partial charge is 0.332 e. The second kappa shape index (κ2) is 33.3. The van der Waals surface area contributed by atoms with Crippen LogP contribution in [0, 0.1) is 25.7 Å². The van der Waals surface area contributed by atoms with E-state index < -0.39 is 11.9 Å². The average Bonchev–Trinajstić information content (AvgIpc) is 1.52. The summed E-state index contributed by atoms with van der Waals surface area (Å²) >= 11 is 0. The summed E-state index contributed by atoms with van der Waals surface area (Å²) in [6.07, 6.45) is 8.84. The van der Waals surface area contributed by atoms with Crippen LogP contribution in [0.15, 0.2) is 204 Å². The number of aryl methyl sites for hydroxylation is 2. The normalized spacial score (nSPS) is 12.6. The molecule has 0 aliphatic carbocycles. The third kappa shape index (κ3) is 15.8. The highest BCUT2D eigenvalue weighted by molar-refractivity contribution is 6.24. The summed E-state index contributed by atoms with van der Waals surface area (Å²) in [4.78, 5) is 65.6. The molecule has 102 heavy (non-hydrogen) atoms. The molecule has 12 aromatic rings. The highest BCUT2D eigenvalue weighted by Gasteiger charge is 2.26. The van der Waals surface area contributed by atoms with Crippen molar-refractivity contribution in [3.63, 3.8) is 0 Å². The number of oxime groups is 2. The zero-order valence-electron chi connectivity index (χ0n) is 59.8. The van der Waals surface area contributed by atoms with Crippen molar-refractivity contribution in [1.82, 2.24) is 9.13 Å². The molecule has 0 spiro atoms. The third-order valence-corrected chi connectivity index (χ3v) is 19.7. The average molecular weight is 1360 g/mol. The SMILES string of the molecule is CCCCC(CC)Cn1c2ccc(C(=O)c3c(OCCOCCOCCOc4ccc5ccccc5c4C(=O)c4ccc5c(c4)c4cc(C(=NOC(C)=O)c6ccccc6C)ccc4n5CC(CC)CCCC)ccc4ccccc34)cc2c2cc(C(=NOC(C)=O)c3ccccc3C)ccc21. The van der Waals surface area contributed by atoms with Gasteiger partial charge in [-0.2, -0.15) is 0 Å². The highest BCUT2D eigenvalue weighted by atomic mass is 16.7. The van der Waals surface area contributed by atoms with Gasteiger partial charge in [0.05, 0.1) is 37.6 Å². The number of unbranched alkanes of at least 4 members (excludes halogenated alkanes) is 2. The van der Waals surface area contributed by atoms with Crippen molar-refractivity contribution in [2.75, 3.05) is 39.6 Å². The van der Waals surface area contributed by atoms with Gasteiger partial charge in [0, 0.05) is 104 Å². The number of nitrogens with zero attached hydrogens (tertiary/aromatic N) is 4. The molecule has 10 aromatic carbocycles. The van der Waals surface area contributed by atoms with Crippen LogP contribution in [0.2, 0.25) is 0 Å². The second-order valence-corrected chi connectivity index (χ2v) is 26.6. The highest BCUT2D eigenvalue weighted by Crippen LogP contribution is 2.39. The number of ether oxygens (including phenoxy) is 4. The Hall–Kier alpha value is -10.5. The summed E-state index contributed by atoms with van der Waals surface area (Å²) in [5.74, 6) is 0.459. The molecule has 0 amide bonds. The van der Waals surface area contributed by atoms with Crippen molar-refractivity contribution >= 4 is 100 Å². The van der Waals surface area contributed by atoms with Crippen molar-refractivity contribution in [1.29, 1.82) is 0 Å². The van der Waals surface area contributed by atoms with E-state index >= 15 is 9.59 Å². The Labute approximate surface area is 596 Å². The maximum atomic E-state index is 15.3. The van der Waals surface area contributed by atoms with Crippen molar-refractivity contribution in [2.24, 2.45) is 22.1 Å². The monoisotopic (exact) mass is 1360 g/mol. The first kappa shape index (κ1) is 71.3. The number of rotatable bonds is 33. The number of hydrogen-bond acceptors (Lipinski definition) is 12. The van der Waals surface area contributed by atoms with Gasteiger partial charge in [-0.3, -0.25) is 9.59 Å². The lowest BCUT2D eigenvalue weighted by atomic mass is 9.94.